The standard InChI is InChI=1S/C11H13N5O5S/c1-22(17,18)21-8-7-5(2-19-7)20-11(8)16-4-15-6-9(12)13-3-14-10(6)16/h3-5,7-8,11H,2H2,1H3,(H2,12,13,14). The number of nitrogens with zero attached hydrogens (tertiary/aromatic N) is 4. The number of hydrogen-bond acceptors (Lipinski definition) is 9. The number of anilines is 1. The van der Waals surface area contributed by atoms with Gasteiger partial charge in [0.15, 0.2) is 23.8 Å². The van der Waals surface area contributed by atoms with Gasteiger partial charge in [0.2, 0.25) is 0 Å². The third kappa shape index (κ3) is 2.05. The SMILES string of the molecule is CS(=O)(=O)OC1C2OCC2OC1n1cnc2c(N)ncnc21. The summed E-state index contributed by atoms with van der Waals surface area (Å²) in [5.74, 6) is 0.238. The molecule has 0 bridgehead atoms. The van der Waals surface area contributed by atoms with Gasteiger partial charge in [-0.05, 0) is 0 Å². The monoisotopic (exact) mass is 327 g/mol. The summed E-state index contributed by atoms with van der Waals surface area (Å²) in [6.45, 7) is 0.397. The van der Waals surface area contributed by atoms with Crippen LogP contribution in [0.4, 0.5) is 5.82 Å². The number of rotatable bonds is 3. The smallest absolute Gasteiger partial charge is 0.264 e. The van der Waals surface area contributed by atoms with Gasteiger partial charge < -0.3 is 15.2 Å². The highest BCUT2D eigenvalue weighted by atomic mass is 32.2. The van der Waals surface area contributed by atoms with Crippen LogP contribution in [0.3, 0.4) is 0 Å². The molecule has 2 aliphatic heterocycles. The molecule has 0 saturated carbocycles. The third-order valence-corrected chi connectivity index (χ3v) is 4.26. The van der Waals surface area contributed by atoms with E-state index in [0.29, 0.717) is 17.8 Å². The number of nitrogens with two attached hydrogens (primary N) is 1. The molecule has 2 saturated heterocycles. The quantitative estimate of drug-likeness (QED) is 0.708. The summed E-state index contributed by atoms with van der Waals surface area (Å²) >= 11 is 0. The molecule has 0 spiro atoms. The molecule has 2 N–H and O–H groups in total. The second-order valence-corrected chi connectivity index (χ2v) is 6.81. The largest absolute Gasteiger partial charge is 0.382 e. The molecular formula is C11H13N5O5S. The highest BCUT2D eigenvalue weighted by Crippen LogP contribution is 2.40. The number of hydrogen-bond donors (Lipinski definition) is 1. The van der Waals surface area contributed by atoms with Crippen molar-refractivity contribution in [2.45, 2.75) is 24.5 Å². The van der Waals surface area contributed by atoms with Crippen molar-refractivity contribution in [3.05, 3.63) is 12.7 Å². The molecule has 2 aromatic heterocycles. The minimum Gasteiger partial charge on any atom is -0.382 e. The number of nitrogen functional groups attached to an aromatic ring is 1. The highest BCUT2D eigenvalue weighted by Gasteiger charge is 2.54. The molecule has 4 heterocycles. The van der Waals surface area contributed by atoms with Gasteiger partial charge in [-0.2, -0.15) is 8.42 Å². The maximum Gasteiger partial charge on any atom is 0.264 e. The average Bonchev–Trinajstić information content (AvgIpc) is 2.89. The van der Waals surface area contributed by atoms with Crippen LogP contribution in [0, 0.1) is 0 Å². The molecule has 0 amide bonds. The minimum atomic E-state index is -3.67. The predicted molar refractivity (Wildman–Crippen MR) is 73.1 cm³/mol. The molecular weight excluding hydrogens is 314 g/mol. The van der Waals surface area contributed by atoms with E-state index < -0.39 is 28.6 Å². The summed E-state index contributed by atoms with van der Waals surface area (Å²) in [6.07, 6.45) is 1.60. The molecule has 2 aliphatic rings. The van der Waals surface area contributed by atoms with Gasteiger partial charge in [0.05, 0.1) is 19.2 Å². The van der Waals surface area contributed by atoms with Crippen LogP contribution in [0.15, 0.2) is 12.7 Å². The van der Waals surface area contributed by atoms with E-state index in [-0.39, 0.29) is 11.9 Å². The first kappa shape index (κ1) is 13.8. The van der Waals surface area contributed by atoms with Crippen LogP contribution in [0.1, 0.15) is 6.23 Å². The van der Waals surface area contributed by atoms with Crippen molar-refractivity contribution >= 4 is 27.1 Å². The molecule has 2 aromatic rings. The molecule has 10 nitrogen and oxygen atoms in total. The molecule has 0 radical (unpaired) electrons. The molecule has 4 rings (SSSR count). The molecule has 118 valence electrons. The van der Waals surface area contributed by atoms with Crippen LogP contribution < -0.4 is 5.73 Å². The van der Waals surface area contributed by atoms with Crippen LogP contribution in [0.2, 0.25) is 0 Å². The van der Waals surface area contributed by atoms with Gasteiger partial charge in [-0.3, -0.25) is 8.75 Å². The maximum atomic E-state index is 11.5. The third-order valence-electron chi connectivity index (χ3n) is 3.69. The Morgan fingerprint density at radius 3 is 2.91 bits per heavy atom. The molecule has 11 heteroatoms. The van der Waals surface area contributed by atoms with E-state index in [4.69, 9.17) is 19.4 Å². The van der Waals surface area contributed by atoms with Crippen LogP contribution in [-0.4, -0.2) is 59.1 Å². The lowest BCUT2D eigenvalue weighted by atomic mass is 10.1. The van der Waals surface area contributed by atoms with Gasteiger partial charge in [0.25, 0.3) is 10.1 Å². The van der Waals surface area contributed by atoms with Crippen molar-refractivity contribution in [2.75, 3.05) is 18.6 Å². The van der Waals surface area contributed by atoms with Crippen LogP contribution in [0.5, 0.6) is 0 Å². The zero-order valence-electron chi connectivity index (χ0n) is 11.5. The first-order valence-electron chi connectivity index (χ1n) is 6.52. The summed E-state index contributed by atoms with van der Waals surface area (Å²) in [5, 5.41) is 0. The van der Waals surface area contributed by atoms with E-state index in [2.05, 4.69) is 15.0 Å². The zero-order chi connectivity index (χ0) is 15.5. The predicted octanol–water partition coefficient (Wildman–Crippen LogP) is -0.950. The van der Waals surface area contributed by atoms with Gasteiger partial charge in [0.1, 0.15) is 24.1 Å². The fourth-order valence-electron chi connectivity index (χ4n) is 2.71. The number of fused-ring (bicyclic) bond motifs is 2. The molecule has 2 fully saturated rings. The summed E-state index contributed by atoms with van der Waals surface area (Å²) in [7, 11) is -3.67. The highest BCUT2D eigenvalue weighted by molar-refractivity contribution is 7.86. The van der Waals surface area contributed by atoms with E-state index >= 15 is 0 Å². The van der Waals surface area contributed by atoms with Crippen molar-refractivity contribution < 1.29 is 22.1 Å². The Hall–Kier alpha value is -1.82. The topological polar surface area (TPSA) is 131 Å². The lowest BCUT2D eigenvalue weighted by Crippen LogP contribution is -2.48. The number of ether oxygens (including phenoxy) is 2. The van der Waals surface area contributed by atoms with E-state index in [1.807, 2.05) is 0 Å². The van der Waals surface area contributed by atoms with Crippen LogP contribution in [0.25, 0.3) is 11.2 Å². The second kappa shape index (κ2) is 4.59. The van der Waals surface area contributed by atoms with Crippen molar-refractivity contribution in [3.63, 3.8) is 0 Å². The Morgan fingerprint density at radius 1 is 1.41 bits per heavy atom. The van der Waals surface area contributed by atoms with E-state index in [0.717, 1.165) is 6.26 Å². The zero-order valence-corrected chi connectivity index (χ0v) is 12.3. The van der Waals surface area contributed by atoms with Crippen LogP contribution >= 0.6 is 0 Å². The lowest BCUT2D eigenvalue weighted by Gasteiger charge is -2.31. The van der Waals surface area contributed by atoms with Gasteiger partial charge in [0, 0.05) is 0 Å². The van der Waals surface area contributed by atoms with Gasteiger partial charge in [-0.25, -0.2) is 15.0 Å². The minimum absolute atomic E-state index is 0.214. The van der Waals surface area contributed by atoms with Crippen molar-refractivity contribution in [2.24, 2.45) is 0 Å². The van der Waals surface area contributed by atoms with Crippen molar-refractivity contribution in [3.8, 4) is 0 Å². The molecule has 22 heavy (non-hydrogen) atoms. The van der Waals surface area contributed by atoms with Gasteiger partial charge >= 0.3 is 0 Å². The summed E-state index contributed by atoms with van der Waals surface area (Å²) in [6, 6.07) is 0. The fourth-order valence-corrected chi connectivity index (χ4v) is 3.32. The van der Waals surface area contributed by atoms with Crippen LogP contribution in [-0.2, 0) is 23.8 Å². The summed E-state index contributed by atoms with van der Waals surface area (Å²) < 4.78 is 40.9. The fraction of sp³-hybridized carbons (Fsp3) is 0.545. The Balaban J connectivity index is 1.77. The summed E-state index contributed by atoms with van der Waals surface area (Å²) in [5.41, 5.74) is 6.62. The van der Waals surface area contributed by atoms with E-state index in [1.165, 1.54) is 12.7 Å². The van der Waals surface area contributed by atoms with Crippen molar-refractivity contribution in [1.29, 1.82) is 0 Å². The molecule has 4 unspecified atom stereocenters. The molecule has 0 aliphatic carbocycles. The second-order valence-electron chi connectivity index (χ2n) is 5.21. The van der Waals surface area contributed by atoms with E-state index in [1.54, 1.807) is 4.57 Å². The lowest BCUT2D eigenvalue weighted by molar-refractivity contribution is -0.154. The first-order valence-corrected chi connectivity index (χ1v) is 8.34. The number of imidazole rings is 1. The van der Waals surface area contributed by atoms with Gasteiger partial charge in [-0.1, -0.05) is 0 Å². The number of aromatic nitrogens is 4. The summed E-state index contributed by atoms with van der Waals surface area (Å²) in [4.78, 5) is 12.1. The first-order chi connectivity index (χ1) is 10.4. The maximum absolute atomic E-state index is 11.5. The Kier molecular flexibility index (Phi) is 2.88. The van der Waals surface area contributed by atoms with E-state index in [9.17, 15) is 8.42 Å². The van der Waals surface area contributed by atoms with Gasteiger partial charge in [-0.15, -0.1) is 0 Å². The van der Waals surface area contributed by atoms with Crippen molar-refractivity contribution in [1.82, 2.24) is 19.5 Å². The molecule has 0 aromatic carbocycles. The average molecular weight is 327 g/mol. The normalized spacial score (nSPS) is 31.1. The molecule has 4 atom stereocenters. The Morgan fingerprint density at radius 2 is 2.23 bits per heavy atom. The Bertz CT molecular complexity index is 837. The Labute approximate surface area is 125 Å².